The molecule has 2 N–H and O–H groups in total. The Balaban J connectivity index is 1.89. The summed E-state index contributed by atoms with van der Waals surface area (Å²) < 4.78 is 13.3. The summed E-state index contributed by atoms with van der Waals surface area (Å²) in [4.78, 5) is 11.7. The fraction of sp³-hybridized carbons (Fsp3) is 0.0909. The first-order chi connectivity index (χ1) is 9.67. The van der Waals surface area contributed by atoms with Crippen LogP contribution in [0.4, 0.5) is 20.0 Å². The third kappa shape index (κ3) is 4.18. The molecule has 0 aliphatic carbocycles. The fourth-order valence-electron chi connectivity index (χ4n) is 1.21. The number of halogens is 1. The highest BCUT2D eigenvalue weighted by molar-refractivity contribution is 8.01. The highest BCUT2D eigenvalue weighted by Gasteiger charge is 2.08. The number of aromatic nitrogens is 2. The smallest absolute Gasteiger partial charge is 0.308 e. The van der Waals surface area contributed by atoms with E-state index in [0.29, 0.717) is 15.2 Å². The summed E-state index contributed by atoms with van der Waals surface area (Å²) in [6.45, 7) is 0. The lowest BCUT2D eigenvalue weighted by molar-refractivity contribution is 0.262. The van der Waals surface area contributed by atoms with Crippen LogP contribution in [0.15, 0.2) is 28.6 Å². The number of anilines is 2. The van der Waals surface area contributed by atoms with Crippen molar-refractivity contribution in [3.8, 4) is 6.07 Å². The zero-order valence-corrected chi connectivity index (χ0v) is 11.6. The molecule has 6 nitrogen and oxygen atoms in total. The summed E-state index contributed by atoms with van der Waals surface area (Å²) in [7, 11) is 0. The molecule has 0 fully saturated rings. The van der Waals surface area contributed by atoms with E-state index in [1.54, 1.807) is 0 Å². The van der Waals surface area contributed by atoms with E-state index in [4.69, 9.17) is 5.26 Å². The molecule has 0 saturated heterocycles. The summed E-state index contributed by atoms with van der Waals surface area (Å²) in [6, 6.07) is 6.87. The third-order valence-electron chi connectivity index (χ3n) is 1.99. The molecule has 20 heavy (non-hydrogen) atoms. The SMILES string of the molecule is N#CCSc1nnc(NC(=O)Nc2ccc(F)cc2)s1. The average Bonchev–Trinajstić information content (AvgIpc) is 2.86. The van der Waals surface area contributed by atoms with Crippen molar-refractivity contribution in [3.05, 3.63) is 30.1 Å². The first-order valence-corrected chi connectivity index (χ1v) is 7.14. The number of rotatable bonds is 4. The highest BCUT2D eigenvalue weighted by atomic mass is 32.2. The molecular weight excluding hydrogens is 301 g/mol. The summed E-state index contributed by atoms with van der Waals surface area (Å²) >= 11 is 2.42. The van der Waals surface area contributed by atoms with E-state index < -0.39 is 6.03 Å². The minimum Gasteiger partial charge on any atom is -0.308 e. The number of carbonyl (C=O) groups excluding carboxylic acids is 1. The maximum absolute atomic E-state index is 12.7. The molecule has 0 bridgehead atoms. The molecule has 0 spiro atoms. The number of nitrogens with zero attached hydrogens (tertiary/aromatic N) is 3. The number of urea groups is 1. The van der Waals surface area contributed by atoms with Crippen LogP contribution < -0.4 is 10.6 Å². The molecule has 0 aliphatic rings. The zero-order valence-electron chi connectivity index (χ0n) is 9.96. The molecule has 1 aromatic carbocycles. The van der Waals surface area contributed by atoms with Gasteiger partial charge in [-0.15, -0.1) is 10.2 Å². The molecule has 0 aliphatic heterocycles. The van der Waals surface area contributed by atoms with Crippen LogP contribution in [0.3, 0.4) is 0 Å². The van der Waals surface area contributed by atoms with E-state index in [9.17, 15) is 9.18 Å². The maximum atomic E-state index is 12.7. The number of benzene rings is 1. The molecule has 0 atom stereocenters. The Morgan fingerprint density at radius 2 is 2.10 bits per heavy atom. The van der Waals surface area contributed by atoms with Crippen molar-refractivity contribution in [3.63, 3.8) is 0 Å². The number of nitriles is 1. The minimum atomic E-state index is -0.496. The van der Waals surface area contributed by atoms with Crippen LogP contribution in [0.1, 0.15) is 0 Å². The molecule has 0 radical (unpaired) electrons. The van der Waals surface area contributed by atoms with E-state index in [-0.39, 0.29) is 11.6 Å². The van der Waals surface area contributed by atoms with Gasteiger partial charge in [0.05, 0.1) is 11.8 Å². The molecular formula is C11H8FN5OS2. The van der Waals surface area contributed by atoms with Gasteiger partial charge in [-0.25, -0.2) is 9.18 Å². The third-order valence-corrected chi connectivity index (χ3v) is 3.83. The zero-order chi connectivity index (χ0) is 14.4. The first-order valence-electron chi connectivity index (χ1n) is 5.34. The van der Waals surface area contributed by atoms with Gasteiger partial charge in [-0.2, -0.15) is 5.26 Å². The maximum Gasteiger partial charge on any atom is 0.325 e. The van der Waals surface area contributed by atoms with Crippen LogP contribution in [0.5, 0.6) is 0 Å². The van der Waals surface area contributed by atoms with Gasteiger partial charge in [0.25, 0.3) is 0 Å². The van der Waals surface area contributed by atoms with Crippen molar-refractivity contribution < 1.29 is 9.18 Å². The lowest BCUT2D eigenvalue weighted by atomic mass is 10.3. The van der Waals surface area contributed by atoms with Crippen molar-refractivity contribution in [2.24, 2.45) is 0 Å². The number of hydrogen-bond acceptors (Lipinski definition) is 6. The normalized spacial score (nSPS) is 9.80. The van der Waals surface area contributed by atoms with Crippen LogP contribution in [0.2, 0.25) is 0 Å². The Kier molecular flexibility index (Phi) is 4.86. The van der Waals surface area contributed by atoms with E-state index >= 15 is 0 Å². The summed E-state index contributed by atoms with van der Waals surface area (Å²) in [5, 5.41) is 21.4. The molecule has 1 aromatic heterocycles. The van der Waals surface area contributed by atoms with Crippen LogP contribution in [0, 0.1) is 17.1 Å². The van der Waals surface area contributed by atoms with Gasteiger partial charge in [0, 0.05) is 5.69 Å². The topological polar surface area (TPSA) is 90.7 Å². The summed E-state index contributed by atoms with van der Waals surface area (Å²) in [5.41, 5.74) is 0.465. The predicted octanol–water partition coefficient (Wildman–Crippen LogP) is 2.94. The van der Waals surface area contributed by atoms with Gasteiger partial charge in [-0.3, -0.25) is 5.32 Å². The number of thioether (sulfide) groups is 1. The number of nitrogens with one attached hydrogen (secondary N) is 2. The standard InChI is InChI=1S/C11H8FN5OS2/c12-7-1-3-8(4-2-7)14-9(18)15-10-16-17-11(20-10)19-6-5-13/h1-4H,6H2,(H2,14,15,16,18). The molecule has 0 saturated carbocycles. The Bertz CT molecular complexity index is 637. The van der Waals surface area contributed by atoms with Gasteiger partial charge < -0.3 is 5.32 Å². The van der Waals surface area contributed by atoms with Gasteiger partial charge in [0.1, 0.15) is 5.82 Å². The van der Waals surface area contributed by atoms with Crippen molar-refractivity contribution >= 4 is 39.9 Å². The van der Waals surface area contributed by atoms with Crippen LogP contribution in [-0.4, -0.2) is 22.0 Å². The van der Waals surface area contributed by atoms with Gasteiger partial charge >= 0.3 is 6.03 Å². The Morgan fingerprint density at radius 3 is 2.80 bits per heavy atom. The molecule has 102 valence electrons. The highest BCUT2D eigenvalue weighted by Crippen LogP contribution is 2.25. The molecule has 2 amide bonds. The van der Waals surface area contributed by atoms with Crippen molar-refractivity contribution in [2.45, 2.75) is 4.34 Å². The molecule has 2 aromatic rings. The van der Waals surface area contributed by atoms with Crippen molar-refractivity contribution in [1.82, 2.24) is 10.2 Å². The summed E-state index contributed by atoms with van der Waals surface area (Å²) in [5.74, 6) is -0.101. The minimum absolute atomic E-state index is 0.274. The Labute approximate surface area is 122 Å². The molecule has 2 rings (SSSR count). The van der Waals surface area contributed by atoms with Crippen LogP contribution in [0.25, 0.3) is 0 Å². The van der Waals surface area contributed by atoms with Crippen molar-refractivity contribution in [2.75, 3.05) is 16.4 Å². The van der Waals surface area contributed by atoms with Crippen LogP contribution >= 0.6 is 23.1 Å². The lowest BCUT2D eigenvalue weighted by Gasteiger charge is -2.04. The van der Waals surface area contributed by atoms with E-state index in [1.807, 2.05) is 6.07 Å². The van der Waals surface area contributed by atoms with Gasteiger partial charge in [0.2, 0.25) is 5.13 Å². The van der Waals surface area contributed by atoms with Gasteiger partial charge in [-0.05, 0) is 24.3 Å². The number of hydrogen-bond donors (Lipinski definition) is 2. The lowest BCUT2D eigenvalue weighted by Crippen LogP contribution is -2.19. The van der Waals surface area contributed by atoms with E-state index in [1.165, 1.54) is 47.4 Å². The quantitative estimate of drug-likeness (QED) is 0.669. The van der Waals surface area contributed by atoms with Crippen LogP contribution in [-0.2, 0) is 0 Å². The fourth-order valence-corrected chi connectivity index (χ4v) is 2.61. The second kappa shape index (κ2) is 6.83. The second-order valence-corrected chi connectivity index (χ2v) is 5.61. The Hall–Kier alpha value is -2.18. The second-order valence-electron chi connectivity index (χ2n) is 3.41. The largest absolute Gasteiger partial charge is 0.325 e. The summed E-state index contributed by atoms with van der Waals surface area (Å²) in [6.07, 6.45) is 0. The molecule has 0 unspecified atom stereocenters. The monoisotopic (exact) mass is 309 g/mol. The molecule has 1 heterocycles. The van der Waals surface area contributed by atoms with E-state index in [2.05, 4.69) is 20.8 Å². The number of carbonyl (C=O) groups is 1. The Morgan fingerprint density at radius 1 is 1.35 bits per heavy atom. The predicted molar refractivity (Wildman–Crippen MR) is 75.3 cm³/mol. The van der Waals surface area contributed by atoms with Gasteiger partial charge in [0.15, 0.2) is 4.34 Å². The van der Waals surface area contributed by atoms with Crippen molar-refractivity contribution in [1.29, 1.82) is 5.26 Å². The molecule has 9 heteroatoms. The van der Waals surface area contributed by atoms with E-state index in [0.717, 1.165) is 0 Å². The first kappa shape index (κ1) is 14.2. The number of amides is 2. The average molecular weight is 309 g/mol. The van der Waals surface area contributed by atoms with Gasteiger partial charge in [-0.1, -0.05) is 23.1 Å².